The van der Waals surface area contributed by atoms with Crippen LogP contribution in [0.1, 0.15) is 33.6 Å². The molecule has 86 valence electrons. The Labute approximate surface area is 90.9 Å². The first-order chi connectivity index (χ1) is 7.02. The third-order valence-corrected chi connectivity index (χ3v) is 1.85. The van der Waals surface area contributed by atoms with Crippen molar-refractivity contribution in [3.63, 3.8) is 0 Å². The first-order valence-electron chi connectivity index (χ1n) is 5.13. The molecule has 15 heavy (non-hydrogen) atoms. The fourth-order valence-corrected chi connectivity index (χ4v) is 1.01. The standard InChI is InChI=1S/C11H19NO3/c1-5-7-12(10(13)6-2)8-15-11(14)9(3)4/h3,5-8H2,1-2,4H3. The lowest BCUT2D eigenvalue weighted by molar-refractivity contribution is -0.149. The number of rotatable bonds is 6. The molecular weight excluding hydrogens is 194 g/mol. The van der Waals surface area contributed by atoms with E-state index in [-0.39, 0.29) is 12.6 Å². The minimum Gasteiger partial charge on any atom is -0.441 e. The van der Waals surface area contributed by atoms with E-state index in [9.17, 15) is 9.59 Å². The number of hydrogen-bond acceptors (Lipinski definition) is 3. The highest BCUT2D eigenvalue weighted by molar-refractivity contribution is 5.87. The van der Waals surface area contributed by atoms with Gasteiger partial charge in [0, 0.05) is 18.5 Å². The summed E-state index contributed by atoms with van der Waals surface area (Å²) >= 11 is 0. The molecule has 4 heteroatoms. The number of ether oxygens (including phenoxy) is 1. The van der Waals surface area contributed by atoms with Crippen molar-refractivity contribution in [3.05, 3.63) is 12.2 Å². The third kappa shape index (κ3) is 5.20. The first kappa shape index (κ1) is 13.7. The molecule has 1 amide bonds. The molecular formula is C11H19NO3. The van der Waals surface area contributed by atoms with E-state index in [0.717, 1.165) is 6.42 Å². The predicted molar refractivity (Wildman–Crippen MR) is 58.1 cm³/mol. The minimum absolute atomic E-state index is 0.00800. The highest BCUT2D eigenvalue weighted by atomic mass is 16.5. The first-order valence-corrected chi connectivity index (χ1v) is 5.13. The Bertz CT molecular complexity index is 248. The number of esters is 1. The van der Waals surface area contributed by atoms with Crippen LogP contribution in [0.5, 0.6) is 0 Å². The smallest absolute Gasteiger partial charge is 0.334 e. The van der Waals surface area contributed by atoms with Gasteiger partial charge >= 0.3 is 5.97 Å². The Morgan fingerprint density at radius 3 is 2.33 bits per heavy atom. The number of hydrogen-bond donors (Lipinski definition) is 0. The highest BCUT2D eigenvalue weighted by Gasteiger charge is 2.12. The molecule has 4 nitrogen and oxygen atoms in total. The second-order valence-corrected chi connectivity index (χ2v) is 3.35. The number of carbonyl (C=O) groups is 2. The fourth-order valence-electron chi connectivity index (χ4n) is 1.01. The maximum atomic E-state index is 11.4. The quantitative estimate of drug-likeness (QED) is 0.383. The van der Waals surface area contributed by atoms with Crippen molar-refractivity contribution in [2.75, 3.05) is 13.3 Å². The van der Waals surface area contributed by atoms with Gasteiger partial charge in [0.05, 0.1) is 0 Å². The van der Waals surface area contributed by atoms with Crippen molar-refractivity contribution in [1.82, 2.24) is 4.90 Å². The van der Waals surface area contributed by atoms with Gasteiger partial charge in [0.15, 0.2) is 6.73 Å². The van der Waals surface area contributed by atoms with E-state index in [2.05, 4.69) is 6.58 Å². The molecule has 0 N–H and O–H groups in total. The molecule has 0 saturated carbocycles. The van der Waals surface area contributed by atoms with Crippen LogP contribution in [0.25, 0.3) is 0 Å². The summed E-state index contributed by atoms with van der Waals surface area (Å²) in [5.74, 6) is -0.466. The van der Waals surface area contributed by atoms with E-state index in [4.69, 9.17) is 4.74 Å². The summed E-state index contributed by atoms with van der Waals surface area (Å²) in [6.07, 6.45) is 1.26. The summed E-state index contributed by atoms with van der Waals surface area (Å²) in [6.45, 7) is 9.42. The van der Waals surface area contributed by atoms with Gasteiger partial charge in [0.1, 0.15) is 0 Å². The zero-order valence-electron chi connectivity index (χ0n) is 9.71. The minimum atomic E-state index is -0.458. The van der Waals surface area contributed by atoms with Crippen LogP contribution < -0.4 is 0 Å². The fraction of sp³-hybridized carbons (Fsp3) is 0.636. The molecule has 0 aliphatic carbocycles. The largest absolute Gasteiger partial charge is 0.441 e. The van der Waals surface area contributed by atoms with Gasteiger partial charge in [-0.25, -0.2) is 4.79 Å². The maximum Gasteiger partial charge on any atom is 0.334 e. The molecule has 0 aromatic rings. The summed E-state index contributed by atoms with van der Waals surface area (Å²) in [5.41, 5.74) is 0.343. The second-order valence-electron chi connectivity index (χ2n) is 3.35. The molecule has 0 fully saturated rings. The Balaban J connectivity index is 4.12. The van der Waals surface area contributed by atoms with Crippen LogP contribution in [0.4, 0.5) is 0 Å². The van der Waals surface area contributed by atoms with E-state index in [0.29, 0.717) is 18.5 Å². The van der Waals surface area contributed by atoms with Crippen LogP contribution in [0.3, 0.4) is 0 Å². The zero-order valence-corrected chi connectivity index (χ0v) is 9.71. The maximum absolute atomic E-state index is 11.4. The monoisotopic (exact) mass is 213 g/mol. The van der Waals surface area contributed by atoms with Gasteiger partial charge in [0.2, 0.25) is 5.91 Å². The molecule has 0 heterocycles. The van der Waals surface area contributed by atoms with Gasteiger partial charge in [-0.05, 0) is 13.3 Å². The van der Waals surface area contributed by atoms with E-state index in [1.54, 1.807) is 13.8 Å². The molecule has 0 aromatic carbocycles. The van der Waals surface area contributed by atoms with Crippen LogP contribution in [-0.2, 0) is 14.3 Å². The molecule has 0 aliphatic rings. The molecule has 0 aromatic heterocycles. The van der Waals surface area contributed by atoms with Crippen LogP contribution >= 0.6 is 0 Å². The highest BCUT2D eigenvalue weighted by Crippen LogP contribution is 1.99. The van der Waals surface area contributed by atoms with E-state index in [1.165, 1.54) is 4.90 Å². The summed E-state index contributed by atoms with van der Waals surface area (Å²) in [7, 11) is 0. The zero-order chi connectivity index (χ0) is 11.8. The average Bonchev–Trinajstić information content (AvgIpc) is 2.22. The number of amides is 1. The van der Waals surface area contributed by atoms with Crippen molar-refractivity contribution in [3.8, 4) is 0 Å². The Kier molecular flexibility index (Phi) is 6.42. The predicted octanol–water partition coefficient (Wildman–Crippen LogP) is 1.71. The Hall–Kier alpha value is -1.32. The van der Waals surface area contributed by atoms with Crippen LogP contribution in [0.2, 0.25) is 0 Å². The van der Waals surface area contributed by atoms with Crippen molar-refractivity contribution in [2.24, 2.45) is 0 Å². The van der Waals surface area contributed by atoms with Gasteiger partial charge < -0.3 is 9.64 Å². The van der Waals surface area contributed by atoms with Crippen molar-refractivity contribution >= 4 is 11.9 Å². The van der Waals surface area contributed by atoms with E-state index >= 15 is 0 Å². The SMILES string of the molecule is C=C(C)C(=O)OCN(CCC)C(=O)CC. The van der Waals surface area contributed by atoms with Gasteiger partial charge in [-0.15, -0.1) is 0 Å². The lowest BCUT2D eigenvalue weighted by atomic mass is 10.3. The molecule has 0 aliphatic heterocycles. The summed E-state index contributed by atoms with van der Waals surface area (Å²) < 4.78 is 4.91. The Morgan fingerprint density at radius 2 is 1.93 bits per heavy atom. The molecule has 0 radical (unpaired) electrons. The summed E-state index contributed by atoms with van der Waals surface area (Å²) in [4.78, 5) is 24.0. The molecule has 0 spiro atoms. The average molecular weight is 213 g/mol. The lowest BCUT2D eigenvalue weighted by Gasteiger charge is -2.20. The van der Waals surface area contributed by atoms with Crippen molar-refractivity contribution in [1.29, 1.82) is 0 Å². The van der Waals surface area contributed by atoms with Crippen LogP contribution in [-0.4, -0.2) is 30.1 Å². The van der Waals surface area contributed by atoms with Gasteiger partial charge in [0.25, 0.3) is 0 Å². The lowest BCUT2D eigenvalue weighted by Crippen LogP contribution is -2.34. The van der Waals surface area contributed by atoms with Gasteiger partial charge in [-0.2, -0.15) is 0 Å². The number of nitrogens with zero attached hydrogens (tertiary/aromatic N) is 1. The molecule has 0 saturated heterocycles. The van der Waals surface area contributed by atoms with Crippen molar-refractivity contribution < 1.29 is 14.3 Å². The van der Waals surface area contributed by atoms with Crippen LogP contribution in [0, 0.1) is 0 Å². The normalized spacial score (nSPS) is 9.53. The Morgan fingerprint density at radius 1 is 1.33 bits per heavy atom. The molecule has 0 atom stereocenters. The van der Waals surface area contributed by atoms with E-state index in [1.807, 2.05) is 6.92 Å². The molecule has 0 unspecified atom stereocenters. The van der Waals surface area contributed by atoms with Gasteiger partial charge in [-0.1, -0.05) is 20.4 Å². The molecule has 0 bridgehead atoms. The van der Waals surface area contributed by atoms with E-state index < -0.39 is 5.97 Å². The second kappa shape index (κ2) is 7.04. The summed E-state index contributed by atoms with van der Waals surface area (Å²) in [6, 6.07) is 0. The van der Waals surface area contributed by atoms with Gasteiger partial charge in [-0.3, -0.25) is 4.79 Å². The molecule has 0 rings (SSSR count). The summed E-state index contributed by atoms with van der Waals surface area (Å²) in [5, 5.41) is 0. The number of carbonyl (C=O) groups excluding carboxylic acids is 2. The van der Waals surface area contributed by atoms with Crippen LogP contribution in [0.15, 0.2) is 12.2 Å². The third-order valence-electron chi connectivity index (χ3n) is 1.85. The topological polar surface area (TPSA) is 46.6 Å². The van der Waals surface area contributed by atoms with Crippen molar-refractivity contribution in [2.45, 2.75) is 33.6 Å².